The van der Waals surface area contributed by atoms with Crippen LogP contribution < -0.4 is 10.9 Å². The molecule has 0 radical (unpaired) electrons. The Morgan fingerprint density at radius 2 is 1.83 bits per heavy atom. The first-order valence-electron chi connectivity index (χ1n) is 9.49. The lowest BCUT2D eigenvalue weighted by Gasteiger charge is -2.15. The van der Waals surface area contributed by atoms with Crippen LogP contribution in [0.2, 0.25) is 0 Å². The van der Waals surface area contributed by atoms with Crippen LogP contribution in [0.15, 0.2) is 52.3 Å². The van der Waals surface area contributed by atoms with Gasteiger partial charge in [0.25, 0.3) is 0 Å². The van der Waals surface area contributed by atoms with Crippen molar-refractivity contribution in [2.45, 2.75) is 26.8 Å². The predicted molar refractivity (Wildman–Crippen MR) is 112 cm³/mol. The smallest absolute Gasteiger partial charge is 0.305 e. The van der Waals surface area contributed by atoms with Gasteiger partial charge in [-0.2, -0.15) is 0 Å². The van der Waals surface area contributed by atoms with Crippen LogP contribution in [0.25, 0.3) is 10.6 Å². The van der Waals surface area contributed by atoms with E-state index in [2.05, 4.69) is 34.6 Å². The number of carbonyl (C=O) groups is 2. The Labute approximate surface area is 173 Å². The molecule has 0 spiro atoms. The second-order valence-electron chi connectivity index (χ2n) is 6.42. The highest BCUT2D eigenvalue weighted by atomic mass is 32.1. The van der Waals surface area contributed by atoms with Crippen LogP contribution in [0, 0.1) is 0 Å². The second-order valence-corrected chi connectivity index (χ2v) is 7.27. The van der Waals surface area contributed by atoms with Crippen molar-refractivity contribution in [3.8, 4) is 10.6 Å². The molecule has 0 bridgehead atoms. The minimum Gasteiger partial charge on any atom is -0.454 e. The number of aromatic nitrogens is 1. The number of benzene rings is 1. The van der Waals surface area contributed by atoms with Gasteiger partial charge in [-0.3, -0.25) is 25.3 Å². The fourth-order valence-electron chi connectivity index (χ4n) is 2.75. The first-order chi connectivity index (χ1) is 14.1. The molecule has 2 amide bonds. The Morgan fingerprint density at radius 1 is 1.07 bits per heavy atom. The van der Waals surface area contributed by atoms with Crippen LogP contribution in [0.5, 0.6) is 0 Å². The summed E-state index contributed by atoms with van der Waals surface area (Å²) in [5, 5.41) is 2.70. The highest BCUT2D eigenvalue weighted by Crippen LogP contribution is 2.23. The normalized spacial score (nSPS) is 10.9. The molecule has 0 aliphatic heterocycles. The standard InChI is InChI=1S/C21H24N4O3S/c1-3-25(4-2)13-17-10-11-18(28-17)20(27)24-23-19(26)12-16-14-29-21(22-16)15-8-6-5-7-9-15/h5-11,14H,3-4,12-13H2,1-2H3,(H,23,26)(H,24,27). The minimum atomic E-state index is -0.493. The van der Waals surface area contributed by atoms with Gasteiger partial charge in [-0.15, -0.1) is 11.3 Å². The molecule has 0 atom stereocenters. The zero-order valence-corrected chi connectivity index (χ0v) is 17.3. The monoisotopic (exact) mass is 412 g/mol. The van der Waals surface area contributed by atoms with Gasteiger partial charge in [-0.25, -0.2) is 4.98 Å². The molecule has 2 aromatic heterocycles. The molecule has 0 aliphatic carbocycles. The third-order valence-electron chi connectivity index (χ3n) is 4.39. The van der Waals surface area contributed by atoms with E-state index in [1.54, 1.807) is 12.1 Å². The zero-order chi connectivity index (χ0) is 20.6. The van der Waals surface area contributed by atoms with Gasteiger partial charge in [0.05, 0.1) is 18.7 Å². The summed E-state index contributed by atoms with van der Waals surface area (Å²) < 4.78 is 5.57. The van der Waals surface area contributed by atoms with E-state index in [0.717, 1.165) is 23.7 Å². The van der Waals surface area contributed by atoms with Gasteiger partial charge in [0.2, 0.25) is 5.91 Å². The maximum atomic E-state index is 12.2. The Hall–Kier alpha value is -2.97. The summed E-state index contributed by atoms with van der Waals surface area (Å²) in [5.74, 6) is 0.0270. The molecule has 7 nitrogen and oxygen atoms in total. The van der Waals surface area contributed by atoms with Crippen LogP contribution >= 0.6 is 11.3 Å². The average Bonchev–Trinajstić information content (AvgIpc) is 3.40. The Morgan fingerprint density at radius 3 is 2.55 bits per heavy atom. The van der Waals surface area contributed by atoms with Crippen molar-refractivity contribution in [2.24, 2.45) is 0 Å². The molecular formula is C21H24N4O3S. The van der Waals surface area contributed by atoms with Crippen molar-refractivity contribution in [1.82, 2.24) is 20.7 Å². The maximum Gasteiger partial charge on any atom is 0.305 e. The van der Waals surface area contributed by atoms with Gasteiger partial charge in [0, 0.05) is 10.9 Å². The number of furan rings is 1. The number of hydrogen-bond donors (Lipinski definition) is 2. The highest BCUT2D eigenvalue weighted by molar-refractivity contribution is 7.13. The number of thiazole rings is 1. The van der Waals surface area contributed by atoms with Crippen molar-refractivity contribution in [3.05, 3.63) is 65.1 Å². The van der Waals surface area contributed by atoms with Crippen molar-refractivity contribution in [3.63, 3.8) is 0 Å². The van der Waals surface area contributed by atoms with Crippen molar-refractivity contribution >= 4 is 23.2 Å². The van der Waals surface area contributed by atoms with E-state index < -0.39 is 5.91 Å². The topological polar surface area (TPSA) is 87.5 Å². The van der Waals surface area contributed by atoms with E-state index in [9.17, 15) is 9.59 Å². The first kappa shape index (κ1) is 20.8. The van der Waals surface area contributed by atoms with E-state index >= 15 is 0 Å². The quantitative estimate of drug-likeness (QED) is 0.555. The van der Waals surface area contributed by atoms with Crippen LogP contribution in [0.1, 0.15) is 35.9 Å². The fourth-order valence-corrected chi connectivity index (χ4v) is 3.58. The second kappa shape index (κ2) is 9.99. The van der Waals surface area contributed by atoms with Crippen molar-refractivity contribution in [1.29, 1.82) is 0 Å². The van der Waals surface area contributed by atoms with E-state index in [1.807, 2.05) is 35.7 Å². The van der Waals surface area contributed by atoms with Gasteiger partial charge < -0.3 is 4.42 Å². The highest BCUT2D eigenvalue weighted by Gasteiger charge is 2.14. The third kappa shape index (κ3) is 5.75. The molecule has 152 valence electrons. The molecule has 8 heteroatoms. The van der Waals surface area contributed by atoms with Crippen LogP contribution in [-0.4, -0.2) is 34.8 Å². The zero-order valence-electron chi connectivity index (χ0n) is 16.5. The summed E-state index contributed by atoms with van der Waals surface area (Å²) in [6.45, 7) is 6.58. The molecule has 1 aromatic carbocycles. The number of nitrogens with zero attached hydrogens (tertiary/aromatic N) is 2. The van der Waals surface area contributed by atoms with Crippen LogP contribution in [0.4, 0.5) is 0 Å². The van der Waals surface area contributed by atoms with Gasteiger partial charge in [0.15, 0.2) is 5.76 Å². The summed E-state index contributed by atoms with van der Waals surface area (Å²) >= 11 is 1.48. The average molecular weight is 413 g/mol. The van der Waals surface area contributed by atoms with Gasteiger partial charge >= 0.3 is 5.91 Å². The van der Waals surface area contributed by atoms with Gasteiger partial charge in [0.1, 0.15) is 10.8 Å². The maximum absolute atomic E-state index is 12.2. The SMILES string of the molecule is CCN(CC)Cc1ccc(C(=O)NNC(=O)Cc2csc(-c3ccccc3)n2)o1. The number of hydrazine groups is 1. The largest absolute Gasteiger partial charge is 0.454 e. The number of carbonyl (C=O) groups excluding carboxylic acids is 2. The summed E-state index contributed by atoms with van der Waals surface area (Å²) in [6, 6.07) is 13.2. The van der Waals surface area contributed by atoms with Crippen LogP contribution in [0.3, 0.4) is 0 Å². The molecule has 0 saturated carbocycles. The molecular weight excluding hydrogens is 388 g/mol. The Bertz CT molecular complexity index is 948. The Kier molecular flexibility index (Phi) is 7.15. The van der Waals surface area contributed by atoms with E-state index in [1.165, 1.54) is 11.3 Å². The molecule has 0 saturated heterocycles. The van der Waals surface area contributed by atoms with Gasteiger partial charge in [-0.1, -0.05) is 44.2 Å². The fraction of sp³-hybridized carbons (Fsp3) is 0.286. The number of hydrogen-bond acceptors (Lipinski definition) is 6. The molecule has 0 fully saturated rings. The van der Waals surface area contributed by atoms with E-state index in [0.29, 0.717) is 18.0 Å². The molecule has 0 aliphatic rings. The van der Waals surface area contributed by atoms with Crippen molar-refractivity contribution in [2.75, 3.05) is 13.1 Å². The first-order valence-corrected chi connectivity index (χ1v) is 10.4. The molecule has 3 aromatic rings. The molecule has 3 rings (SSSR count). The summed E-state index contributed by atoms with van der Waals surface area (Å²) in [4.78, 5) is 31.0. The summed E-state index contributed by atoms with van der Waals surface area (Å²) in [6.07, 6.45) is 0.0784. The van der Waals surface area contributed by atoms with E-state index in [4.69, 9.17) is 4.42 Å². The number of amides is 2. The summed E-state index contributed by atoms with van der Waals surface area (Å²) in [7, 11) is 0. The number of rotatable bonds is 8. The molecule has 2 heterocycles. The third-order valence-corrected chi connectivity index (χ3v) is 5.33. The number of nitrogens with one attached hydrogen (secondary N) is 2. The van der Waals surface area contributed by atoms with Crippen LogP contribution in [-0.2, 0) is 17.8 Å². The summed E-state index contributed by atoms with van der Waals surface area (Å²) in [5.41, 5.74) is 6.45. The lowest BCUT2D eigenvalue weighted by Crippen LogP contribution is -2.42. The lowest BCUT2D eigenvalue weighted by molar-refractivity contribution is -0.121. The molecule has 2 N–H and O–H groups in total. The minimum absolute atomic E-state index is 0.0784. The predicted octanol–water partition coefficient (Wildman–Crippen LogP) is 3.25. The molecule has 0 unspecified atom stereocenters. The van der Waals surface area contributed by atoms with Gasteiger partial charge in [-0.05, 0) is 25.2 Å². The van der Waals surface area contributed by atoms with E-state index in [-0.39, 0.29) is 18.1 Å². The Balaban J connectivity index is 1.49. The lowest BCUT2D eigenvalue weighted by atomic mass is 10.2. The van der Waals surface area contributed by atoms with Crippen molar-refractivity contribution < 1.29 is 14.0 Å². The molecule has 29 heavy (non-hydrogen) atoms.